The van der Waals surface area contributed by atoms with Gasteiger partial charge in [-0.2, -0.15) is 0 Å². The van der Waals surface area contributed by atoms with Crippen molar-refractivity contribution >= 4 is 43.3 Å². The van der Waals surface area contributed by atoms with Crippen molar-refractivity contribution in [2.45, 2.75) is 30.7 Å². The lowest BCUT2D eigenvalue weighted by Gasteiger charge is -2.13. The van der Waals surface area contributed by atoms with Crippen LogP contribution < -0.4 is 4.72 Å². The maximum atomic E-state index is 12.2. The molecule has 2 N–H and O–H groups in total. The van der Waals surface area contributed by atoms with E-state index in [1.54, 1.807) is 6.92 Å². The molecule has 114 valence electrons. The summed E-state index contributed by atoms with van der Waals surface area (Å²) in [7, 11) is -2.48. The van der Waals surface area contributed by atoms with Crippen molar-refractivity contribution in [1.82, 2.24) is 4.72 Å². The van der Waals surface area contributed by atoms with Crippen LogP contribution in [0, 0.1) is 0 Å². The monoisotopic (exact) mass is 385 g/mol. The predicted octanol–water partition coefficient (Wildman–Crippen LogP) is 1.74. The Kier molecular flexibility index (Phi) is 6.59. The largest absolute Gasteiger partial charge is 0.465 e. The average molecular weight is 386 g/mol. The van der Waals surface area contributed by atoms with E-state index in [4.69, 9.17) is 5.11 Å². The summed E-state index contributed by atoms with van der Waals surface area (Å²) in [6, 6.07) is 0.974. The quantitative estimate of drug-likeness (QED) is 0.697. The Morgan fingerprint density at radius 3 is 2.80 bits per heavy atom. The number of carbonyl (C=O) groups is 1. The highest BCUT2D eigenvalue weighted by Gasteiger charge is 2.24. The first-order valence-electron chi connectivity index (χ1n) is 5.82. The molecule has 0 bridgehead atoms. The van der Waals surface area contributed by atoms with Gasteiger partial charge in [0.05, 0.1) is 10.9 Å². The maximum absolute atomic E-state index is 12.2. The zero-order valence-corrected chi connectivity index (χ0v) is 14.3. The number of nitrogens with one attached hydrogen (secondary N) is 1. The normalized spacial score (nSPS) is 13.2. The SMILES string of the molecule is COC(=O)c1cc(S(=O)(=O)NC(C)CCCO)c(Br)s1. The van der Waals surface area contributed by atoms with E-state index in [0.29, 0.717) is 16.6 Å². The van der Waals surface area contributed by atoms with E-state index in [1.807, 2.05) is 0 Å². The highest BCUT2D eigenvalue weighted by atomic mass is 79.9. The summed E-state index contributed by atoms with van der Waals surface area (Å²) in [4.78, 5) is 11.6. The smallest absolute Gasteiger partial charge is 0.348 e. The zero-order valence-electron chi connectivity index (χ0n) is 11.1. The van der Waals surface area contributed by atoms with Crippen LogP contribution in [0.4, 0.5) is 0 Å². The molecule has 9 heteroatoms. The van der Waals surface area contributed by atoms with Crippen molar-refractivity contribution in [2.75, 3.05) is 13.7 Å². The second kappa shape index (κ2) is 7.51. The van der Waals surface area contributed by atoms with Crippen LogP contribution in [-0.4, -0.2) is 39.3 Å². The van der Waals surface area contributed by atoms with Gasteiger partial charge in [-0.15, -0.1) is 11.3 Å². The summed E-state index contributed by atoms with van der Waals surface area (Å²) in [6.45, 7) is 1.73. The van der Waals surface area contributed by atoms with E-state index in [2.05, 4.69) is 25.4 Å². The van der Waals surface area contributed by atoms with Crippen molar-refractivity contribution in [3.8, 4) is 0 Å². The molecule has 1 unspecified atom stereocenters. The molecule has 0 aromatic carbocycles. The molecule has 1 heterocycles. The van der Waals surface area contributed by atoms with Gasteiger partial charge in [-0.05, 0) is 41.8 Å². The second-order valence-corrected chi connectivity index (χ2v) is 8.18. The molecular weight excluding hydrogens is 370 g/mol. The molecule has 1 aromatic heterocycles. The van der Waals surface area contributed by atoms with Crippen molar-refractivity contribution in [3.63, 3.8) is 0 Å². The summed E-state index contributed by atoms with van der Waals surface area (Å²) in [5.41, 5.74) is 0. The van der Waals surface area contributed by atoms with Gasteiger partial charge in [0.2, 0.25) is 10.0 Å². The molecule has 0 aliphatic heterocycles. The number of ether oxygens (including phenoxy) is 1. The number of aliphatic hydroxyl groups is 1. The summed E-state index contributed by atoms with van der Waals surface area (Å²) in [5, 5.41) is 8.73. The molecule has 0 amide bonds. The fourth-order valence-corrected chi connectivity index (χ4v) is 5.28. The molecule has 0 spiro atoms. The van der Waals surface area contributed by atoms with Crippen LogP contribution in [0.5, 0.6) is 0 Å². The first-order valence-corrected chi connectivity index (χ1v) is 8.92. The summed E-state index contributed by atoms with van der Waals surface area (Å²) >= 11 is 4.15. The minimum absolute atomic E-state index is 0.0127. The van der Waals surface area contributed by atoms with E-state index >= 15 is 0 Å². The summed E-state index contributed by atoms with van der Waals surface area (Å²) in [6.07, 6.45) is 1.04. The third kappa shape index (κ3) is 4.52. The number of rotatable bonds is 7. The van der Waals surface area contributed by atoms with Crippen molar-refractivity contribution in [3.05, 3.63) is 14.7 Å². The number of sulfonamides is 1. The number of halogens is 1. The molecule has 0 radical (unpaired) electrons. The lowest BCUT2D eigenvalue weighted by Crippen LogP contribution is -2.32. The van der Waals surface area contributed by atoms with E-state index in [-0.39, 0.29) is 22.4 Å². The molecule has 20 heavy (non-hydrogen) atoms. The van der Waals surface area contributed by atoms with Gasteiger partial charge in [-0.25, -0.2) is 17.9 Å². The first-order chi connectivity index (χ1) is 9.31. The lowest BCUT2D eigenvalue weighted by molar-refractivity contribution is 0.0606. The average Bonchev–Trinajstić information content (AvgIpc) is 2.77. The van der Waals surface area contributed by atoms with Crippen LogP contribution in [-0.2, 0) is 14.8 Å². The van der Waals surface area contributed by atoms with Gasteiger partial charge >= 0.3 is 5.97 Å². The minimum Gasteiger partial charge on any atom is -0.465 e. The summed E-state index contributed by atoms with van der Waals surface area (Å²) in [5.74, 6) is -0.578. The third-order valence-corrected chi connectivity index (χ3v) is 6.30. The molecule has 1 atom stereocenters. The van der Waals surface area contributed by atoms with Crippen molar-refractivity contribution in [2.24, 2.45) is 0 Å². The molecule has 0 saturated heterocycles. The Morgan fingerprint density at radius 2 is 2.25 bits per heavy atom. The molecule has 0 saturated carbocycles. The molecule has 1 rings (SSSR count). The minimum atomic E-state index is -3.72. The van der Waals surface area contributed by atoms with E-state index in [1.165, 1.54) is 13.2 Å². The van der Waals surface area contributed by atoms with Crippen LogP contribution in [0.3, 0.4) is 0 Å². The maximum Gasteiger partial charge on any atom is 0.348 e. The van der Waals surface area contributed by atoms with Crippen LogP contribution in [0.1, 0.15) is 29.4 Å². The summed E-state index contributed by atoms with van der Waals surface area (Å²) < 4.78 is 31.8. The van der Waals surface area contributed by atoms with Gasteiger partial charge in [0.1, 0.15) is 9.77 Å². The van der Waals surface area contributed by atoms with Gasteiger partial charge < -0.3 is 9.84 Å². The van der Waals surface area contributed by atoms with Crippen LogP contribution in [0.2, 0.25) is 0 Å². The Bertz CT molecular complexity index is 569. The number of methoxy groups -OCH3 is 1. The fourth-order valence-electron chi connectivity index (χ4n) is 1.52. The molecule has 6 nitrogen and oxygen atoms in total. The van der Waals surface area contributed by atoms with Crippen LogP contribution in [0.15, 0.2) is 14.7 Å². The molecule has 0 aliphatic rings. The lowest BCUT2D eigenvalue weighted by atomic mass is 10.2. The topological polar surface area (TPSA) is 92.7 Å². The Balaban J connectivity index is 2.92. The van der Waals surface area contributed by atoms with Crippen molar-refractivity contribution < 1.29 is 23.1 Å². The highest BCUT2D eigenvalue weighted by Crippen LogP contribution is 2.32. The third-order valence-electron chi connectivity index (χ3n) is 2.48. The number of esters is 1. The Hall–Kier alpha value is -0.480. The molecular formula is C11H16BrNO5S2. The number of aliphatic hydroxyl groups excluding tert-OH is 1. The second-order valence-electron chi connectivity index (χ2n) is 4.13. The van der Waals surface area contributed by atoms with Crippen LogP contribution >= 0.6 is 27.3 Å². The van der Waals surface area contributed by atoms with E-state index in [0.717, 1.165) is 11.3 Å². The van der Waals surface area contributed by atoms with Crippen LogP contribution in [0.25, 0.3) is 0 Å². The Morgan fingerprint density at radius 1 is 1.60 bits per heavy atom. The fraction of sp³-hybridized carbons (Fsp3) is 0.545. The molecule has 0 aliphatic carbocycles. The zero-order chi connectivity index (χ0) is 15.3. The predicted molar refractivity (Wildman–Crippen MR) is 79.5 cm³/mol. The van der Waals surface area contributed by atoms with Gasteiger partial charge in [0.15, 0.2) is 0 Å². The van der Waals surface area contributed by atoms with Gasteiger partial charge in [0.25, 0.3) is 0 Å². The van der Waals surface area contributed by atoms with Gasteiger partial charge in [-0.1, -0.05) is 0 Å². The van der Waals surface area contributed by atoms with Gasteiger partial charge in [0, 0.05) is 12.6 Å². The number of hydrogen-bond donors (Lipinski definition) is 2. The van der Waals surface area contributed by atoms with E-state index < -0.39 is 16.0 Å². The van der Waals surface area contributed by atoms with Gasteiger partial charge in [-0.3, -0.25) is 0 Å². The first kappa shape index (κ1) is 17.6. The molecule has 1 aromatic rings. The highest BCUT2D eigenvalue weighted by molar-refractivity contribution is 9.11. The standard InChI is InChI=1S/C11H16BrNO5S2/c1-7(4-3-5-14)13-20(16,17)9-6-8(11(15)18-2)19-10(9)12/h6-7,13-14H,3-5H2,1-2H3. The van der Waals surface area contributed by atoms with Crippen molar-refractivity contribution in [1.29, 1.82) is 0 Å². The Labute approximate surface area is 130 Å². The molecule has 0 fully saturated rings. The number of carbonyl (C=O) groups excluding carboxylic acids is 1. The number of thiophene rings is 1. The number of hydrogen-bond acceptors (Lipinski definition) is 6. The van der Waals surface area contributed by atoms with E-state index in [9.17, 15) is 13.2 Å².